The maximum Gasteiger partial charge on any atom is 0.254 e. The zero-order valence-corrected chi connectivity index (χ0v) is 16.6. The van der Waals surface area contributed by atoms with Gasteiger partial charge in [-0.25, -0.2) is 4.98 Å². The molecule has 1 aliphatic rings. The smallest absolute Gasteiger partial charge is 0.254 e. The fourth-order valence-corrected chi connectivity index (χ4v) is 3.02. The fourth-order valence-electron chi connectivity index (χ4n) is 3.02. The summed E-state index contributed by atoms with van der Waals surface area (Å²) in [6, 6.07) is 6.96. The number of aromatic nitrogens is 2. The second-order valence-electron chi connectivity index (χ2n) is 6.84. The van der Waals surface area contributed by atoms with Gasteiger partial charge in [-0.15, -0.1) is 12.4 Å². The second kappa shape index (κ2) is 9.01. The highest BCUT2D eigenvalue weighted by Gasteiger charge is 2.31. The maximum atomic E-state index is 13.0. The number of nitrogens with zero attached hydrogens (tertiary/aromatic N) is 3. The van der Waals surface area contributed by atoms with Crippen LogP contribution in [0.2, 0.25) is 0 Å². The maximum absolute atomic E-state index is 13.0. The van der Waals surface area contributed by atoms with E-state index in [0.29, 0.717) is 24.3 Å². The van der Waals surface area contributed by atoms with Crippen molar-refractivity contribution in [3.8, 4) is 0 Å². The minimum atomic E-state index is -0.100. The topological polar surface area (TPSA) is 79.3 Å². The summed E-state index contributed by atoms with van der Waals surface area (Å²) in [5.74, 6) is 0.712. The molecule has 7 nitrogen and oxygen atoms in total. The number of carbonyl (C=O) groups is 2. The van der Waals surface area contributed by atoms with Crippen LogP contribution in [-0.4, -0.2) is 45.9 Å². The highest BCUT2D eigenvalue weighted by Crippen LogP contribution is 2.23. The van der Waals surface area contributed by atoms with E-state index in [1.54, 1.807) is 30.5 Å². The first-order valence-corrected chi connectivity index (χ1v) is 8.87. The Balaban J connectivity index is 0.00000261. The molecule has 0 aliphatic carbocycles. The molecule has 0 radical (unpaired) electrons. The molecule has 2 amide bonds. The van der Waals surface area contributed by atoms with Crippen molar-refractivity contribution in [2.45, 2.75) is 19.9 Å². The van der Waals surface area contributed by atoms with Crippen molar-refractivity contribution < 1.29 is 9.59 Å². The lowest BCUT2D eigenvalue weighted by atomic mass is 10.1. The van der Waals surface area contributed by atoms with Crippen molar-refractivity contribution in [3.63, 3.8) is 0 Å². The van der Waals surface area contributed by atoms with Gasteiger partial charge in [0.2, 0.25) is 5.91 Å². The fraction of sp³-hybridized carbons (Fsp3) is 0.421. The van der Waals surface area contributed by atoms with Gasteiger partial charge in [-0.05, 0) is 24.3 Å². The van der Waals surface area contributed by atoms with Gasteiger partial charge < -0.3 is 20.1 Å². The quantitative estimate of drug-likeness (QED) is 0.837. The third-order valence-electron chi connectivity index (χ3n) is 4.58. The van der Waals surface area contributed by atoms with Crippen LogP contribution in [0.25, 0.3) is 0 Å². The Morgan fingerprint density at radius 2 is 1.96 bits per heavy atom. The second-order valence-corrected chi connectivity index (χ2v) is 6.84. The van der Waals surface area contributed by atoms with Crippen molar-refractivity contribution in [3.05, 3.63) is 48.0 Å². The van der Waals surface area contributed by atoms with Crippen molar-refractivity contribution >= 4 is 29.9 Å². The summed E-state index contributed by atoms with van der Waals surface area (Å²) < 4.78 is 1.95. The average Bonchev–Trinajstić information content (AvgIpc) is 3.07. The largest absolute Gasteiger partial charge is 0.336 e. The molecule has 27 heavy (non-hydrogen) atoms. The van der Waals surface area contributed by atoms with E-state index in [2.05, 4.69) is 15.6 Å². The van der Waals surface area contributed by atoms with E-state index in [-0.39, 0.29) is 36.2 Å². The molecule has 1 atom stereocenters. The van der Waals surface area contributed by atoms with Gasteiger partial charge in [0.05, 0.1) is 0 Å². The Kier molecular flexibility index (Phi) is 6.98. The van der Waals surface area contributed by atoms with Crippen LogP contribution in [0.15, 0.2) is 36.7 Å². The van der Waals surface area contributed by atoms with Gasteiger partial charge in [0.25, 0.3) is 5.91 Å². The van der Waals surface area contributed by atoms with Crippen molar-refractivity contribution in [1.82, 2.24) is 19.8 Å². The van der Waals surface area contributed by atoms with E-state index < -0.39 is 0 Å². The lowest BCUT2D eigenvalue weighted by molar-refractivity contribution is -0.118. The van der Waals surface area contributed by atoms with Crippen LogP contribution in [0.4, 0.5) is 5.69 Å². The Morgan fingerprint density at radius 1 is 1.26 bits per heavy atom. The molecular weight excluding hydrogens is 366 g/mol. The predicted molar refractivity (Wildman–Crippen MR) is 107 cm³/mol. The van der Waals surface area contributed by atoms with Crippen LogP contribution in [0.3, 0.4) is 0 Å². The van der Waals surface area contributed by atoms with Gasteiger partial charge in [-0.1, -0.05) is 13.8 Å². The Bertz CT molecular complexity index is 788. The monoisotopic (exact) mass is 391 g/mol. The van der Waals surface area contributed by atoms with Crippen LogP contribution < -0.4 is 10.6 Å². The zero-order chi connectivity index (χ0) is 18.7. The van der Waals surface area contributed by atoms with Crippen LogP contribution in [0.5, 0.6) is 0 Å². The number of halogens is 1. The highest BCUT2D eigenvalue weighted by atomic mass is 35.5. The zero-order valence-electron chi connectivity index (χ0n) is 15.8. The molecule has 1 unspecified atom stereocenters. The molecule has 0 spiro atoms. The van der Waals surface area contributed by atoms with Crippen LogP contribution >= 0.6 is 12.4 Å². The third kappa shape index (κ3) is 4.67. The van der Waals surface area contributed by atoms with Crippen LogP contribution in [0.1, 0.15) is 36.1 Å². The van der Waals surface area contributed by atoms with Gasteiger partial charge in [0.15, 0.2) is 0 Å². The molecule has 1 fully saturated rings. The van der Waals surface area contributed by atoms with Gasteiger partial charge in [0, 0.05) is 56.2 Å². The van der Waals surface area contributed by atoms with E-state index in [1.807, 2.05) is 36.6 Å². The number of carbonyl (C=O) groups excluding carboxylic acids is 2. The van der Waals surface area contributed by atoms with Gasteiger partial charge in [-0.3, -0.25) is 9.59 Å². The molecule has 2 aromatic rings. The summed E-state index contributed by atoms with van der Waals surface area (Å²) in [6.07, 6.45) is 3.64. The molecule has 2 heterocycles. The highest BCUT2D eigenvalue weighted by molar-refractivity contribution is 5.96. The standard InChI is InChI=1S/C19H25N5O2.ClH/c1-13(2)18(25)22-15-6-4-14(5-7-15)19(26)24-11-8-20-12-16(24)17-21-9-10-23(17)3;/h4-7,9-10,13,16,20H,8,11-12H2,1-3H3,(H,22,25);1H. The van der Waals surface area contributed by atoms with Crippen molar-refractivity contribution in [2.75, 3.05) is 25.0 Å². The summed E-state index contributed by atoms with van der Waals surface area (Å²) in [4.78, 5) is 31.1. The van der Waals surface area contributed by atoms with Crippen LogP contribution in [-0.2, 0) is 11.8 Å². The summed E-state index contributed by atoms with van der Waals surface area (Å²) in [6.45, 7) is 5.75. The predicted octanol–water partition coefficient (Wildman–Crippen LogP) is 2.22. The molecule has 1 aromatic carbocycles. The Morgan fingerprint density at radius 3 is 2.56 bits per heavy atom. The Hall–Kier alpha value is -2.38. The number of hydrogen-bond donors (Lipinski definition) is 2. The lowest BCUT2D eigenvalue weighted by Crippen LogP contribution is -2.49. The number of aryl methyl sites for hydroxylation is 1. The molecule has 0 bridgehead atoms. The minimum Gasteiger partial charge on any atom is -0.336 e. The normalized spacial score (nSPS) is 16.7. The van der Waals surface area contributed by atoms with E-state index in [9.17, 15) is 9.59 Å². The molecule has 2 N–H and O–H groups in total. The average molecular weight is 392 g/mol. The summed E-state index contributed by atoms with van der Waals surface area (Å²) in [5, 5.41) is 6.17. The minimum absolute atomic E-state index is 0. The first kappa shape index (κ1) is 20.9. The van der Waals surface area contributed by atoms with Gasteiger partial charge >= 0.3 is 0 Å². The number of rotatable bonds is 4. The number of imidazole rings is 1. The van der Waals surface area contributed by atoms with Gasteiger partial charge in [-0.2, -0.15) is 0 Å². The molecule has 0 saturated carbocycles. The number of nitrogens with one attached hydrogen (secondary N) is 2. The van der Waals surface area contributed by atoms with E-state index in [1.165, 1.54) is 0 Å². The number of benzene rings is 1. The first-order chi connectivity index (χ1) is 12.5. The number of hydrogen-bond acceptors (Lipinski definition) is 4. The number of anilines is 1. The number of piperazine rings is 1. The van der Waals surface area contributed by atoms with E-state index in [0.717, 1.165) is 12.4 Å². The SMILES string of the molecule is CC(C)C(=O)Nc1ccc(C(=O)N2CCNCC2c2nccn2C)cc1.Cl. The number of amides is 2. The summed E-state index contributed by atoms with van der Waals surface area (Å²) >= 11 is 0. The molecule has 146 valence electrons. The van der Waals surface area contributed by atoms with E-state index in [4.69, 9.17) is 0 Å². The summed E-state index contributed by atoms with van der Waals surface area (Å²) in [7, 11) is 1.94. The van der Waals surface area contributed by atoms with Crippen molar-refractivity contribution in [2.24, 2.45) is 13.0 Å². The first-order valence-electron chi connectivity index (χ1n) is 8.87. The molecular formula is C19H26ClN5O2. The van der Waals surface area contributed by atoms with Gasteiger partial charge in [0.1, 0.15) is 11.9 Å². The molecule has 1 aliphatic heterocycles. The van der Waals surface area contributed by atoms with Crippen molar-refractivity contribution in [1.29, 1.82) is 0 Å². The molecule has 8 heteroatoms. The summed E-state index contributed by atoms with van der Waals surface area (Å²) in [5.41, 5.74) is 1.30. The lowest BCUT2D eigenvalue weighted by Gasteiger charge is -2.35. The Labute approximate surface area is 165 Å². The molecule has 1 saturated heterocycles. The third-order valence-corrected chi connectivity index (χ3v) is 4.58. The molecule has 3 rings (SSSR count). The molecule has 1 aromatic heterocycles. The van der Waals surface area contributed by atoms with E-state index >= 15 is 0 Å². The van der Waals surface area contributed by atoms with Crippen LogP contribution in [0, 0.1) is 5.92 Å².